The van der Waals surface area contributed by atoms with Gasteiger partial charge in [-0.1, -0.05) is 6.92 Å². The SMILES string of the molecule is CCC(=O)NCc1nc2c(n1C)CN(C(=O)c1ccc(F)cc1)CC2. The van der Waals surface area contributed by atoms with Crippen LogP contribution in [-0.4, -0.2) is 32.8 Å². The largest absolute Gasteiger partial charge is 0.349 e. The molecule has 132 valence electrons. The van der Waals surface area contributed by atoms with E-state index in [4.69, 9.17) is 0 Å². The maximum Gasteiger partial charge on any atom is 0.254 e. The Morgan fingerprint density at radius 1 is 1.28 bits per heavy atom. The Hall–Kier alpha value is -2.70. The van der Waals surface area contributed by atoms with Crippen LogP contribution in [0.25, 0.3) is 0 Å². The number of hydrogen-bond acceptors (Lipinski definition) is 3. The lowest BCUT2D eigenvalue weighted by Gasteiger charge is -2.27. The van der Waals surface area contributed by atoms with Crippen molar-refractivity contribution in [1.82, 2.24) is 19.8 Å². The van der Waals surface area contributed by atoms with Gasteiger partial charge in [0.05, 0.1) is 24.5 Å². The van der Waals surface area contributed by atoms with Crippen LogP contribution in [-0.2, 0) is 31.4 Å². The fourth-order valence-electron chi connectivity index (χ4n) is 2.95. The van der Waals surface area contributed by atoms with E-state index in [0.717, 1.165) is 17.2 Å². The van der Waals surface area contributed by atoms with E-state index in [-0.39, 0.29) is 17.6 Å². The van der Waals surface area contributed by atoms with Crippen LogP contribution < -0.4 is 5.32 Å². The topological polar surface area (TPSA) is 67.2 Å². The second-order valence-electron chi connectivity index (χ2n) is 6.09. The zero-order chi connectivity index (χ0) is 18.0. The smallest absolute Gasteiger partial charge is 0.254 e. The van der Waals surface area contributed by atoms with E-state index >= 15 is 0 Å². The van der Waals surface area contributed by atoms with E-state index in [2.05, 4.69) is 10.3 Å². The molecule has 0 saturated heterocycles. The van der Waals surface area contributed by atoms with E-state index in [9.17, 15) is 14.0 Å². The molecule has 1 aromatic carbocycles. The van der Waals surface area contributed by atoms with Crippen LogP contribution in [0.4, 0.5) is 4.39 Å². The normalized spacial score (nSPS) is 13.5. The first-order valence-electron chi connectivity index (χ1n) is 8.34. The summed E-state index contributed by atoms with van der Waals surface area (Å²) < 4.78 is 15.0. The minimum Gasteiger partial charge on any atom is -0.349 e. The molecule has 1 aliphatic rings. The van der Waals surface area contributed by atoms with E-state index in [1.54, 1.807) is 11.8 Å². The Balaban J connectivity index is 1.74. The number of carbonyl (C=O) groups excluding carboxylic acids is 2. The summed E-state index contributed by atoms with van der Waals surface area (Å²) >= 11 is 0. The summed E-state index contributed by atoms with van der Waals surface area (Å²) in [5.41, 5.74) is 2.41. The van der Waals surface area contributed by atoms with Crippen molar-refractivity contribution in [2.45, 2.75) is 32.9 Å². The molecule has 25 heavy (non-hydrogen) atoms. The molecule has 1 N–H and O–H groups in total. The number of benzene rings is 1. The highest BCUT2D eigenvalue weighted by molar-refractivity contribution is 5.94. The quantitative estimate of drug-likeness (QED) is 0.919. The van der Waals surface area contributed by atoms with Crippen LogP contribution in [0.15, 0.2) is 24.3 Å². The first-order chi connectivity index (χ1) is 12.0. The fraction of sp³-hybridized carbons (Fsp3) is 0.389. The molecule has 0 bridgehead atoms. The van der Waals surface area contributed by atoms with Gasteiger partial charge in [0.15, 0.2) is 0 Å². The molecule has 0 saturated carbocycles. The zero-order valence-electron chi connectivity index (χ0n) is 14.4. The van der Waals surface area contributed by atoms with Crippen molar-refractivity contribution < 1.29 is 14.0 Å². The van der Waals surface area contributed by atoms with E-state index < -0.39 is 0 Å². The number of aromatic nitrogens is 2. The summed E-state index contributed by atoms with van der Waals surface area (Å²) in [6.07, 6.45) is 1.10. The number of nitrogens with one attached hydrogen (secondary N) is 1. The maximum atomic E-state index is 13.0. The third kappa shape index (κ3) is 3.55. The second kappa shape index (κ2) is 7.04. The van der Waals surface area contributed by atoms with Crippen LogP contribution in [0.3, 0.4) is 0 Å². The fourth-order valence-corrected chi connectivity index (χ4v) is 2.95. The average Bonchev–Trinajstić information content (AvgIpc) is 2.95. The summed E-state index contributed by atoms with van der Waals surface area (Å²) in [5, 5.41) is 2.83. The van der Waals surface area contributed by atoms with Crippen LogP contribution in [0.2, 0.25) is 0 Å². The summed E-state index contributed by atoms with van der Waals surface area (Å²) in [7, 11) is 1.89. The Labute approximate surface area is 145 Å². The maximum absolute atomic E-state index is 13.0. The molecular formula is C18H21FN4O2. The lowest BCUT2D eigenvalue weighted by Crippen LogP contribution is -2.36. The molecular weight excluding hydrogens is 323 g/mol. The Morgan fingerprint density at radius 3 is 2.68 bits per heavy atom. The lowest BCUT2D eigenvalue weighted by atomic mass is 10.1. The van der Waals surface area contributed by atoms with Crippen molar-refractivity contribution in [3.05, 3.63) is 52.9 Å². The molecule has 2 amide bonds. The van der Waals surface area contributed by atoms with Gasteiger partial charge in [0.1, 0.15) is 11.6 Å². The van der Waals surface area contributed by atoms with Gasteiger partial charge in [-0.05, 0) is 24.3 Å². The summed E-state index contributed by atoms with van der Waals surface area (Å²) in [6, 6.07) is 5.59. The first-order valence-corrected chi connectivity index (χ1v) is 8.34. The molecule has 1 aliphatic heterocycles. The minimum atomic E-state index is -0.358. The molecule has 2 heterocycles. The first kappa shape index (κ1) is 17.1. The van der Waals surface area contributed by atoms with E-state index in [1.165, 1.54) is 24.3 Å². The minimum absolute atomic E-state index is 0.0194. The monoisotopic (exact) mass is 344 g/mol. The van der Waals surface area contributed by atoms with Crippen molar-refractivity contribution in [3.63, 3.8) is 0 Å². The number of rotatable bonds is 4. The molecule has 2 aromatic rings. The molecule has 0 fully saturated rings. The van der Waals surface area contributed by atoms with Gasteiger partial charge in [0.25, 0.3) is 5.91 Å². The lowest BCUT2D eigenvalue weighted by molar-refractivity contribution is -0.120. The molecule has 0 aliphatic carbocycles. The molecule has 3 rings (SSSR count). The van der Waals surface area contributed by atoms with Gasteiger partial charge in [-0.3, -0.25) is 9.59 Å². The number of amides is 2. The number of imidazole rings is 1. The van der Waals surface area contributed by atoms with Gasteiger partial charge < -0.3 is 14.8 Å². The third-order valence-corrected chi connectivity index (χ3v) is 4.49. The molecule has 6 nitrogen and oxygen atoms in total. The summed E-state index contributed by atoms with van der Waals surface area (Å²) in [4.78, 5) is 30.4. The van der Waals surface area contributed by atoms with Crippen molar-refractivity contribution in [3.8, 4) is 0 Å². The number of carbonyl (C=O) groups is 2. The Morgan fingerprint density at radius 2 is 2.00 bits per heavy atom. The van der Waals surface area contributed by atoms with Crippen LogP contribution in [0, 0.1) is 5.82 Å². The highest BCUT2D eigenvalue weighted by Crippen LogP contribution is 2.21. The van der Waals surface area contributed by atoms with Crippen molar-refractivity contribution in [2.24, 2.45) is 7.05 Å². The second-order valence-corrected chi connectivity index (χ2v) is 6.09. The van der Waals surface area contributed by atoms with Crippen molar-refractivity contribution >= 4 is 11.8 Å². The highest BCUT2D eigenvalue weighted by Gasteiger charge is 2.26. The van der Waals surface area contributed by atoms with Crippen LogP contribution >= 0.6 is 0 Å². The van der Waals surface area contributed by atoms with Gasteiger partial charge in [-0.25, -0.2) is 9.37 Å². The zero-order valence-corrected chi connectivity index (χ0v) is 14.4. The van der Waals surface area contributed by atoms with Gasteiger partial charge in [0, 0.05) is 32.0 Å². The van der Waals surface area contributed by atoms with Gasteiger partial charge in [-0.2, -0.15) is 0 Å². The molecule has 0 radical (unpaired) electrons. The molecule has 0 atom stereocenters. The van der Waals surface area contributed by atoms with E-state index in [1.807, 2.05) is 11.6 Å². The number of halogens is 1. The van der Waals surface area contributed by atoms with Crippen molar-refractivity contribution in [2.75, 3.05) is 6.54 Å². The summed E-state index contributed by atoms with van der Waals surface area (Å²) in [5.74, 6) is 0.285. The number of fused-ring (bicyclic) bond motifs is 1. The number of nitrogens with zero attached hydrogens (tertiary/aromatic N) is 3. The van der Waals surface area contributed by atoms with Gasteiger partial charge >= 0.3 is 0 Å². The molecule has 0 spiro atoms. The van der Waals surface area contributed by atoms with Crippen LogP contribution in [0.5, 0.6) is 0 Å². The third-order valence-electron chi connectivity index (χ3n) is 4.49. The molecule has 1 aromatic heterocycles. The van der Waals surface area contributed by atoms with Crippen molar-refractivity contribution in [1.29, 1.82) is 0 Å². The molecule has 7 heteroatoms. The Bertz CT molecular complexity index is 798. The predicted molar refractivity (Wildman–Crippen MR) is 90.2 cm³/mol. The number of hydrogen-bond donors (Lipinski definition) is 1. The highest BCUT2D eigenvalue weighted by atomic mass is 19.1. The standard InChI is InChI=1S/C18H21FN4O2/c1-3-17(24)20-10-16-21-14-8-9-23(11-15(14)22(16)2)18(25)12-4-6-13(19)7-5-12/h4-7H,3,8-11H2,1-2H3,(H,20,24). The summed E-state index contributed by atoms with van der Waals surface area (Å²) in [6.45, 7) is 3.21. The average molecular weight is 344 g/mol. The van der Waals surface area contributed by atoms with Crippen LogP contribution in [0.1, 0.15) is 40.9 Å². The van der Waals surface area contributed by atoms with Gasteiger partial charge in [-0.15, -0.1) is 0 Å². The van der Waals surface area contributed by atoms with E-state index in [0.29, 0.717) is 38.0 Å². The Kier molecular flexibility index (Phi) is 4.83. The molecule has 0 unspecified atom stereocenters. The van der Waals surface area contributed by atoms with Gasteiger partial charge in [0.2, 0.25) is 5.91 Å². The predicted octanol–water partition coefficient (Wildman–Crippen LogP) is 1.78.